The summed E-state index contributed by atoms with van der Waals surface area (Å²) in [7, 11) is 0. The van der Waals surface area contributed by atoms with E-state index in [1.807, 2.05) is 37.3 Å². The number of amides is 1. The van der Waals surface area contributed by atoms with Gasteiger partial charge in [0.25, 0.3) is 11.7 Å². The monoisotopic (exact) mass is 480 g/mol. The Morgan fingerprint density at radius 3 is 2.53 bits per heavy atom. The first kappa shape index (κ1) is 23.1. The van der Waals surface area contributed by atoms with Crippen LogP contribution in [0.5, 0.6) is 5.75 Å². The summed E-state index contributed by atoms with van der Waals surface area (Å²) < 4.78 is 11.5. The molecule has 1 atom stereocenters. The molecule has 0 radical (unpaired) electrons. The predicted octanol–water partition coefficient (Wildman–Crippen LogP) is 5.18. The van der Waals surface area contributed by atoms with Crippen molar-refractivity contribution in [1.29, 1.82) is 0 Å². The largest absolute Gasteiger partial charge is 0.507 e. The van der Waals surface area contributed by atoms with Gasteiger partial charge < -0.3 is 19.2 Å². The van der Waals surface area contributed by atoms with Crippen LogP contribution in [0.3, 0.4) is 0 Å². The van der Waals surface area contributed by atoms with Crippen LogP contribution in [0.2, 0.25) is 0 Å². The molecule has 0 saturated carbocycles. The summed E-state index contributed by atoms with van der Waals surface area (Å²) in [5.41, 5.74) is 3.35. The third kappa shape index (κ3) is 4.51. The van der Waals surface area contributed by atoms with Gasteiger partial charge in [0, 0.05) is 24.5 Å². The molecule has 180 valence electrons. The number of aliphatic hydroxyl groups is 1. The summed E-state index contributed by atoms with van der Waals surface area (Å²) in [4.78, 5) is 31.6. The molecular formula is C29H24N2O5. The topological polar surface area (TPSA) is 92.9 Å². The minimum absolute atomic E-state index is 0.0209. The Hall–Kier alpha value is -4.65. The van der Waals surface area contributed by atoms with Crippen LogP contribution in [0, 0.1) is 6.92 Å². The van der Waals surface area contributed by atoms with Crippen molar-refractivity contribution in [2.45, 2.75) is 26.1 Å². The summed E-state index contributed by atoms with van der Waals surface area (Å²) in [6, 6.07) is 20.8. The van der Waals surface area contributed by atoms with E-state index in [1.165, 1.54) is 11.2 Å². The first-order valence-electron chi connectivity index (χ1n) is 11.5. The zero-order chi connectivity index (χ0) is 25.1. The molecule has 1 fully saturated rings. The van der Waals surface area contributed by atoms with Gasteiger partial charge in [0.2, 0.25) is 0 Å². The van der Waals surface area contributed by atoms with E-state index in [2.05, 4.69) is 4.98 Å². The first-order chi connectivity index (χ1) is 17.5. The smallest absolute Gasteiger partial charge is 0.296 e. The lowest BCUT2D eigenvalue weighted by Gasteiger charge is -2.23. The molecule has 4 aromatic rings. The maximum atomic E-state index is 13.1. The summed E-state index contributed by atoms with van der Waals surface area (Å²) in [6.45, 7) is 2.58. The van der Waals surface area contributed by atoms with Gasteiger partial charge >= 0.3 is 0 Å². The number of pyridine rings is 1. The molecule has 0 spiro atoms. The number of Topliss-reactive ketones (excluding diaryl/α,β-unsaturated/α-hetero) is 1. The van der Waals surface area contributed by atoms with Crippen molar-refractivity contribution in [3.63, 3.8) is 0 Å². The van der Waals surface area contributed by atoms with Gasteiger partial charge in [0.15, 0.2) is 0 Å². The number of likely N-dealkylation sites (tertiary alicyclic amines) is 1. The number of hydrogen-bond acceptors (Lipinski definition) is 6. The molecule has 1 unspecified atom stereocenters. The van der Waals surface area contributed by atoms with Crippen LogP contribution >= 0.6 is 0 Å². The van der Waals surface area contributed by atoms with Crippen molar-refractivity contribution in [3.8, 4) is 5.75 Å². The number of hydrogen-bond donors (Lipinski definition) is 1. The van der Waals surface area contributed by atoms with Crippen molar-refractivity contribution < 1.29 is 23.8 Å². The van der Waals surface area contributed by atoms with Gasteiger partial charge in [0.1, 0.15) is 29.9 Å². The van der Waals surface area contributed by atoms with E-state index < -0.39 is 17.7 Å². The van der Waals surface area contributed by atoms with Crippen LogP contribution < -0.4 is 4.74 Å². The first-order valence-corrected chi connectivity index (χ1v) is 11.5. The minimum atomic E-state index is -0.864. The van der Waals surface area contributed by atoms with E-state index >= 15 is 0 Å². The molecule has 1 N–H and O–H groups in total. The quantitative estimate of drug-likeness (QED) is 0.222. The van der Waals surface area contributed by atoms with Crippen LogP contribution in [0.1, 0.15) is 34.1 Å². The number of aromatic nitrogens is 1. The van der Waals surface area contributed by atoms with Crippen LogP contribution in [0.4, 0.5) is 0 Å². The number of rotatable bonds is 7. The molecule has 1 amide bonds. The molecule has 1 aliphatic heterocycles. The molecule has 0 aliphatic carbocycles. The highest BCUT2D eigenvalue weighted by Gasteiger charge is 2.47. The Morgan fingerprint density at radius 1 is 1.03 bits per heavy atom. The zero-order valence-corrected chi connectivity index (χ0v) is 19.6. The molecule has 2 aromatic carbocycles. The van der Waals surface area contributed by atoms with Gasteiger partial charge in [-0.05, 0) is 66.1 Å². The molecule has 2 aromatic heterocycles. The SMILES string of the molecule is Cc1ccccc1COc1ccc(/C(O)=C2/C(=O)C(=O)N(Cc3cccnc3)C2c2ccco2)cc1. The van der Waals surface area contributed by atoms with E-state index in [9.17, 15) is 14.7 Å². The van der Waals surface area contributed by atoms with Crippen molar-refractivity contribution >= 4 is 17.4 Å². The molecule has 7 nitrogen and oxygen atoms in total. The van der Waals surface area contributed by atoms with Gasteiger partial charge in [-0.25, -0.2) is 0 Å². The average molecular weight is 481 g/mol. The van der Waals surface area contributed by atoms with Crippen LogP contribution in [-0.4, -0.2) is 26.7 Å². The van der Waals surface area contributed by atoms with E-state index in [0.29, 0.717) is 23.7 Å². The third-order valence-electron chi connectivity index (χ3n) is 6.21. The fraction of sp³-hybridized carbons (Fsp3) is 0.138. The zero-order valence-electron chi connectivity index (χ0n) is 19.6. The van der Waals surface area contributed by atoms with E-state index in [0.717, 1.165) is 16.7 Å². The fourth-order valence-corrected chi connectivity index (χ4v) is 4.27. The van der Waals surface area contributed by atoms with Crippen molar-refractivity contribution in [2.24, 2.45) is 0 Å². The third-order valence-corrected chi connectivity index (χ3v) is 6.21. The number of benzene rings is 2. The maximum absolute atomic E-state index is 13.1. The molecule has 0 bridgehead atoms. The van der Waals surface area contributed by atoms with Gasteiger partial charge in [0.05, 0.1) is 11.8 Å². The highest BCUT2D eigenvalue weighted by atomic mass is 16.5. The van der Waals surface area contributed by atoms with Gasteiger partial charge in [-0.1, -0.05) is 30.3 Å². The Balaban J connectivity index is 1.44. The van der Waals surface area contributed by atoms with Crippen molar-refractivity contribution in [1.82, 2.24) is 9.88 Å². The Bertz CT molecular complexity index is 1410. The number of nitrogens with zero attached hydrogens (tertiary/aromatic N) is 2. The predicted molar refractivity (Wildman–Crippen MR) is 133 cm³/mol. The maximum Gasteiger partial charge on any atom is 0.296 e. The number of ketones is 1. The minimum Gasteiger partial charge on any atom is -0.507 e. The van der Waals surface area contributed by atoms with Gasteiger partial charge in [-0.3, -0.25) is 14.6 Å². The Morgan fingerprint density at radius 2 is 1.83 bits per heavy atom. The summed E-state index contributed by atoms with van der Waals surface area (Å²) in [6.07, 6.45) is 4.74. The Labute approximate surface area is 208 Å². The van der Waals surface area contributed by atoms with E-state index in [-0.39, 0.29) is 17.9 Å². The number of carbonyl (C=O) groups excluding carboxylic acids is 2. The van der Waals surface area contributed by atoms with Crippen molar-refractivity contribution in [3.05, 3.63) is 125 Å². The van der Waals surface area contributed by atoms with Gasteiger partial charge in [-0.15, -0.1) is 0 Å². The van der Waals surface area contributed by atoms with Crippen LogP contribution in [0.15, 0.2) is 101 Å². The number of aliphatic hydroxyl groups excluding tert-OH is 1. The molecular weight excluding hydrogens is 456 g/mol. The molecule has 5 rings (SSSR count). The lowest BCUT2D eigenvalue weighted by molar-refractivity contribution is -0.140. The molecule has 1 aliphatic rings. The number of furan rings is 1. The summed E-state index contributed by atoms with van der Waals surface area (Å²) in [5.74, 6) is -0.737. The van der Waals surface area contributed by atoms with Crippen LogP contribution in [0.25, 0.3) is 5.76 Å². The molecule has 36 heavy (non-hydrogen) atoms. The standard InChI is InChI=1S/C29H24N2O5/c1-19-6-2-3-8-22(19)18-36-23-12-10-21(11-13-23)27(32)25-26(24-9-5-15-35-24)31(29(34)28(25)33)17-20-7-4-14-30-16-20/h2-16,26,32H,17-18H2,1H3/b27-25-. The molecule has 3 heterocycles. The summed E-state index contributed by atoms with van der Waals surface area (Å²) in [5, 5.41) is 11.2. The molecule has 1 saturated heterocycles. The lowest BCUT2D eigenvalue weighted by Crippen LogP contribution is -2.29. The van der Waals surface area contributed by atoms with Gasteiger partial charge in [-0.2, -0.15) is 0 Å². The van der Waals surface area contributed by atoms with E-state index in [1.54, 1.807) is 54.9 Å². The summed E-state index contributed by atoms with van der Waals surface area (Å²) >= 11 is 0. The number of aryl methyl sites for hydroxylation is 1. The molecule has 7 heteroatoms. The second-order valence-electron chi connectivity index (χ2n) is 8.54. The van der Waals surface area contributed by atoms with Crippen molar-refractivity contribution in [2.75, 3.05) is 0 Å². The fourth-order valence-electron chi connectivity index (χ4n) is 4.27. The lowest BCUT2D eigenvalue weighted by atomic mass is 9.99. The second kappa shape index (κ2) is 9.92. The highest BCUT2D eigenvalue weighted by molar-refractivity contribution is 6.46. The normalized spacial score (nSPS) is 16.9. The van der Waals surface area contributed by atoms with E-state index in [4.69, 9.17) is 9.15 Å². The average Bonchev–Trinajstić information content (AvgIpc) is 3.52. The van der Waals surface area contributed by atoms with Crippen LogP contribution in [-0.2, 0) is 22.7 Å². The number of ether oxygens (including phenoxy) is 1. The highest BCUT2D eigenvalue weighted by Crippen LogP contribution is 2.40. The second-order valence-corrected chi connectivity index (χ2v) is 8.54. The number of carbonyl (C=O) groups is 2. The Kier molecular flexibility index (Phi) is 6.36.